The molecule has 0 saturated heterocycles. The zero-order chi connectivity index (χ0) is 14.3. The van der Waals surface area contributed by atoms with E-state index in [2.05, 4.69) is 26.1 Å². The summed E-state index contributed by atoms with van der Waals surface area (Å²) in [4.78, 5) is 0. The summed E-state index contributed by atoms with van der Waals surface area (Å²) in [7, 11) is 0. The van der Waals surface area contributed by atoms with Gasteiger partial charge in [0.05, 0.1) is 12.3 Å². The fourth-order valence-corrected chi connectivity index (χ4v) is 2.31. The van der Waals surface area contributed by atoms with Gasteiger partial charge in [0.1, 0.15) is 11.5 Å². The number of furan rings is 1. The number of hydrogen-bond donors (Lipinski definition) is 1. The Hall–Kier alpha value is -0.550. The van der Waals surface area contributed by atoms with Gasteiger partial charge in [0.2, 0.25) is 0 Å². The summed E-state index contributed by atoms with van der Waals surface area (Å²) in [5.74, 6) is -0.00280. The molecule has 1 aromatic heterocycles. The van der Waals surface area contributed by atoms with Gasteiger partial charge in [-0.15, -0.1) is 0 Å². The van der Waals surface area contributed by atoms with Crippen LogP contribution in [0.5, 0.6) is 0 Å². The summed E-state index contributed by atoms with van der Waals surface area (Å²) in [6, 6.07) is 4.05. The van der Waals surface area contributed by atoms with Crippen LogP contribution in [0.2, 0.25) is 0 Å². The van der Waals surface area contributed by atoms with Gasteiger partial charge in [-0.05, 0) is 31.4 Å². The lowest BCUT2D eigenvalue weighted by Gasteiger charge is -2.16. The molecule has 1 aromatic rings. The van der Waals surface area contributed by atoms with Crippen molar-refractivity contribution in [1.82, 2.24) is 5.32 Å². The zero-order valence-electron chi connectivity index (χ0n) is 11.8. The Morgan fingerprint density at radius 3 is 2.58 bits per heavy atom. The Balaban J connectivity index is 2.29. The number of alkyl halides is 2. The van der Waals surface area contributed by atoms with E-state index in [0.717, 1.165) is 12.2 Å². The molecule has 0 aliphatic carbocycles. The molecule has 19 heavy (non-hydrogen) atoms. The highest BCUT2D eigenvalue weighted by molar-refractivity contribution is 7.98. The predicted molar refractivity (Wildman–Crippen MR) is 76.4 cm³/mol. The van der Waals surface area contributed by atoms with Gasteiger partial charge in [0.15, 0.2) is 0 Å². The topological polar surface area (TPSA) is 25.2 Å². The minimum Gasteiger partial charge on any atom is -0.464 e. The molecule has 0 radical (unpaired) electrons. The van der Waals surface area contributed by atoms with Gasteiger partial charge in [0.25, 0.3) is 5.76 Å². The quantitative estimate of drug-likeness (QED) is 0.717. The molecule has 0 spiro atoms. The van der Waals surface area contributed by atoms with Crippen LogP contribution in [-0.4, -0.2) is 11.8 Å². The first kappa shape index (κ1) is 16.5. The van der Waals surface area contributed by atoms with Crippen LogP contribution >= 0.6 is 11.8 Å². The molecule has 2 nitrogen and oxygen atoms in total. The number of nitrogens with one attached hydrogen (secondary N) is 1. The summed E-state index contributed by atoms with van der Waals surface area (Å²) < 4.78 is 29.6. The third-order valence-electron chi connectivity index (χ3n) is 3.15. The van der Waals surface area contributed by atoms with Crippen molar-refractivity contribution in [1.29, 1.82) is 0 Å². The maximum atomic E-state index is 12.0. The van der Waals surface area contributed by atoms with E-state index in [1.54, 1.807) is 6.07 Å². The van der Waals surface area contributed by atoms with Gasteiger partial charge in [0, 0.05) is 6.04 Å². The van der Waals surface area contributed by atoms with Gasteiger partial charge < -0.3 is 9.73 Å². The standard InChI is InChI=1S/C14H23F2NOS/c1-4-10(2)7-11(3)17-8-12-5-6-13(18-12)9-19-14(15)16/h5-6,10-11,14,17H,4,7-9H2,1-3H3. The molecule has 1 N–H and O–H groups in total. The van der Waals surface area contributed by atoms with Crippen LogP contribution in [0.25, 0.3) is 0 Å². The van der Waals surface area contributed by atoms with Crippen molar-refractivity contribution in [2.45, 2.75) is 57.7 Å². The molecule has 110 valence electrons. The molecule has 0 aliphatic heterocycles. The average molecular weight is 291 g/mol. The van der Waals surface area contributed by atoms with Gasteiger partial charge in [-0.25, -0.2) is 0 Å². The van der Waals surface area contributed by atoms with Crippen molar-refractivity contribution in [2.24, 2.45) is 5.92 Å². The van der Waals surface area contributed by atoms with Gasteiger partial charge in [-0.2, -0.15) is 8.78 Å². The first-order chi connectivity index (χ1) is 9.01. The van der Waals surface area contributed by atoms with E-state index in [0.29, 0.717) is 36.0 Å². The predicted octanol–water partition coefficient (Wildman–Crippen LogP) is 4.65. The smallest absolute Gasteiger partial charge is 0.284 e. The second-order valence-corrected chi connectivity index (χ2v) is 5.95. The van der Waals surface area contributed by atoms with E-state index < -0.39 is 5.76 Å². The molecule has 2 unspecified atom stereocenters. The first-order valence-electron chi connectivity index (χ1n) is 6.72. The molecular weight excluding hydrogens is 268 g/mol. The molecule has 1 rings (SSSR count). The Bertz CT molecular complexity index is 357. The summed E-state index contributed by atoms with van der Waals surface area (Å²) >= 11 is 0.586. The molecule has 0 saturated carbocycles. The van der Waals surface area contributed by atoms with Crippen molar-refractivity contribution in [3.8, 4) is 0 Å². The summed E-state index contributed by atoms with van der Waals surface area (Å²) in [5.41, 5.74) is 0. The summed E-state index contributed by atoms with van der Waals surface area (Å²) in [6.45, 7) is 7.24. The van der Waals surface area contributed by atoms with Crippen molar-refractivity contribution >= 4 is 11.8 Å². The number of rotatable bonds is 9. The van der Waals surface area contributed by atoms with Crippen LogP contribution in [-0.2, 0) is 12.3 Å². The monoisotopic (exact) mass is 291 g/mol. The highest BCUT2D eigenvalue weighted by atomic mass is 32.2. The molecule has 0 aromatic carbocycles. The van der Waals surface area contributed by atoms with Crippen LogP contribution in [0.15, 0.2) is 16.5 Å². The lowest BCUT2D eigenvalue weighted by Crippen LogP contribution is -2.27. The molecule has 0 bridgehead atoms. The second-order valence-electron chi connectivity index (χ2n) is 4.97. The van der Waals surface area contributed by atoms with E-state index in [1.165, 1.54) is 6.42 Å². The van der Waals surface area contributed by atoms with E-state index in [9.17, 15) is 8.78 Å². The summed E-state index contributed by atoms with van der Waals surface area (Å²) in [5, 5.41) is 3.39. The average Bonchev–Trinajstić information content (AvgIpc) is 2.81. The van der Waals surface area contributed by atoms with Crippen molar-refractivity contribution < 1.29 is 13.2 Å². The van der Waals surface area contributed by atoms with Gasteiger partial charge in [-0.1, -0.05) is 32.0 Å². The van der Waals surface area contributed by atoms with Crippen LogP contribution < -0.4 is 5.32 Å². The number of hydrogen-bond acceptors (Lipinski definition) is 3. The normalized spacial score (nSPS) is 14.8. The molecule has 2 atom stereocenters. The van der Waals surface area contributed by atoms with Crippen LogP contribution in [0.1, 0.15) is 45.1 Å². The van der Waals surface area contributed by atoms with E-state index in [4.69, 9.17) is 4.42 Å². The lowest BCUT2D eigenvalue weighted by molar-refractivity contribution is 0.251. The number of thioether (sulfide) groups is 1. The fourth-order valence-electron chi connectivity index (χ4n) is 1.87. The summed E-state index contributed by atoms with van der Waals surface area (Å²) in [6.07, 6.45) is 2.31. The maximum Gasteiger partial charge on any atom is 0.284 e. The third kappa shape index (κ3) is 6.97. The molecule has 0 fully saturated rings. The lowest BCUT2D eigenvalue weighted by atomic mass is 10.0. The van der Waals surface area contributed by atoms with Gasteiger partial charge in [-0.3, -0.25) is 0 Å². The van der Waals surface area contributed by atoms with E-state index >= 15 is 0 Å². The highest BCUT2D eigenvalue weighted by Crippen LogP contribution is 2.21. The molecule has 0 aliphatic rings. The van der Waals surface area contributed by atoms with E-state index in [-0.39, 0.29) is 5.75 Å². The minimum absolute atomic E-state index is 0.222. The molecule has 5 heteroatoms. The molecule has 0 amide bonds. The fraction of sp³-hybridized carbons (Fsp3) is 0.714. The van der Waals surface area contributed by atoms with Crippen LogP contribution in [0, 0.1) is 5.92 Å². The Morgan fingerprint density at radius 2 is 1.95 bits per heavy atom. The largest absolute Gasteiger partial charge is 0.464 e. The minimum atomic E-state index is -2.35. The maximum absolute atomic E-state index is 12.0. The second kappa shape index (κ2) is 8.59. The Kier molecular flexibility index (Phi) is 7.46. The van der Waals surface area contributed by atoms with Crippen LogP contribution in [0.3, 0.4) is 0 Å². The highest BCUT2D eigenvalue weighted by Gasteiger charge is 2.09. The molecule has 1 heterocycles. The third-order valence-corrected chi connectivity index (χ3v) is 3.85. The Morgan fingerprint density at radius 1 is 1.26 bits per heavy atom. The van der Waals surface area contributed by atoms with E-state index in [1.807, 2.05) is 6.07 Å². The Labute approximate surface area is 118 Å². The first-order valence-corrected chi connectivity index (χ1v) is 7.76. The zero-order valence-corrected chi connectivity index (χ0v) is 12.6. The van der Waals surface area contributed by atoms with Gasteiger partial charge >= 0.3 is 0 Å². The molecular formula is C14H23F2NOS. The van der Waals surface area contributed by atoms with Crippen LogP contribution in [0.4, 0.5) is 8.78 Å². The number of halogens is 2. The SMILES string of the molecule is CCC(C)CC(C)NCc1ccc(CSC(F)F)o1. The van der Waals surface area contributed by atoms with Crippen molar-refractivity contribution in [2.75, 3.05) is 0 Å². The van der Waals surface area contributed by atoms with Crippen molar-refractivity contribution in [3.05, 3.63) is 23.7 Å². The van der Waals surface area contributed by atoms with Crippen molar-refractivity contribution in [3.63, 3.8) is 0 Å².